The summed E-state index contributed by atoms with van der Waals surface area (Å²) in [5, 5.41) is 3.47. The van der Waals surface area contributed by atoms with E-state index in [1.165, 1.54) is 24.0 Å². The molecule has 0 amide bonds. The van der Waals surface area contributed by atoms with Crippen LogP contribution in [0, 0.1) is 5.92 Å². The van der Waals surface area contributed by atoms with Gasteiger partial charge in [-0.15, -0.1) is 0 Å². The molecule has 2 aliphatic rings. The van der Waals surface area contributed by atoms with E-state index in [9.17, 15) is 0 Å². The topological polar surface area (TPSA) is 24.5 Å². The molecule has 2 aliphatic heterocycles. The third-order valence-corrected chi connectivity index (χ3v) is 4.71. The predicted octanol–water partition coefficient (Wildman–Crippen LogP) is 3.00. The normalized spacial score (nSPS) is 20.3. The van der Waals surface area contributed by atoms with Gasteiger partial charge in [-0.1, -0.05) is 26.0 Å². The first-order chi connectivity index (χ1) is 10.2. The summed E-state index contributed by atoms with van der Waals surface area (Å²) < 4.78 is 5.65. The van der Waals surface area contributed by atoms with Gasteiger partial charge >= 0.3 is 0 Å². The third kappa shape index (κ3) is 3.58. The number of fused-ring (bicyclic) bond motifs is 1. The summed E-state index contributed by atoms with van der Waals surface area (Å²) in [6.07, 6.45) is 3.63. The molecule has 1 atom stereocenters. The molecule has 0 bridgehead atoms. The van der Waals surface area contributed by atoms with Crippen molar-refractivity contribution in [3.8, 4) is 5.75 Å². The molecule has 116 valence electrons. The summed E-state index contributed by atoms with van der Waals surface area (Å²) in [4.78, 5) is 2.66. The molecule has 3 rings (SSSR count). The van der Waals surface area contributed by atoms with Crippen molar-refractivity contribution in [2.45, 2.75) is 39.2 Å². The van der Waals surface area contributed by atoms with Crippen molar-refractivity contribution in [3.05, 3.63) is 29.3 Å². The molecule has 0 spiro atoms. The number of nitrogens with one attached hydrogen (secondary N) is 1. The van der Waals surface area contributed by atoms with Gasteiger partial charge in [0, 0.05) is 38.6 Å². The molecule has 1 aromatic carbocycles. The Morgan fingerprint density at radius 1 is 1.19 bits per heavy atom. The maximum Gasteiger partial charge on any atom is 0.122 e. The zero-order valence-corrected chi connectivity index (χ0v) is 13.4. The fourth-order valence-electron chi connectivity index (χ4n) is 3.46. The Kier molecular flexibility index (Phi) is 4.81. The molecule has 21 heavy (non-hydrogen) atoms. The van der Waals surface area contributed by atoms with E-state index in [-0.39, 0.29) is 0 Å². The molecule has 0 aliphatic carbocycles. The van der Waals surface area contributed by atoms with Crippen LogP contribution in [0.4, 0.5) is 0 Å². The highest BCUT2D eigenvalue weighted by Crippen LogP contribution is 2.33. The van der Waals surface area contributed by atoms with E-state index in [1.54, 1.807) is 0 Å². The number of benzene rings is 1. The summed E-state index contributed by atoms with van der Waals surface area (Å²) in [6.45, 7) is 10.1. The number of rotatable bonds is 5. The van der Waals surface area contributed by atoms with Gasteiger partial charge in [0.2, 0.25) is 0 Å². The van der Waals surface area contributed by atoms with Gasteiger partial charge in [-0.3, -0.25) is 4.90 Å². The van der Waals surface area contributed by atoms with E-state index >= 15 is 0 Å². The number of nitrogens with zero attached hydrogens (tertiary/aromatic N) is 1. The van der Waals surface area contributed by atoms with Gasteiger partial charge in [0.1, 0.15) is 5.75 Å². The molecule has 1 fully saturated rings. The molecule has 0 radical (unpaired) electrons. The van der Waals surface area contributed by atoms with Crippen LogP contribution in [0.2, 0.25) is 0 Å². The highest BCUT2D eigenvalue weighted by atomic mass is 16.5. The number of hydrogen-bond acceptors (Lipinski definition) is 3. The Bertz CT molecular complexity index is 466. The highest BCUT2D eigenvalue weighted by molar-refractivity contribution is 5.40. The summed E-state index contributed by atoms with van der Waals surface area (Å²) >= 11 is 0. The van der Waals surface area contributed by atoms with E-state index < -0.39 is 0 Å². The molecular formula is C18H28N2O. The predicted molar refractivity (Wildman–Crippen MR) is 86.9 cm³/mol. The molecule has 3 heteroatoms. The second-order valence-corrected chi connectivity index (χ2v) is 6.74. The van der Waals surface area contributed by atoms with Crippen molar-refractivity contribution in [2.75, 3.05) is 32.8 Å². The second-order valence-electron chi connectivity index (χ2n) is 6.74. The van der Waals surface area contributed by atoms with Crippen LogP contribution in [0.3, 0.4) is 0 Å². The number of hydrogen-bond donors (Lipinski definition) is 1. The zero-order chi connectivity index (χ0) is 14.7. The van der Waals surface area contributed by atoms with E-state index in [4.69, 9.17) is 4.74 Å². The minimum atomic E-state index is 0.570. The molecule has 2 heterocycles. The van der Waals surface area contributed by atoms with Crippen LogP contribution in [-0.4, -0.2) is 37.7 Å². The van der Waals surface area contributed by atoms with Crippen LogP contribution in [0.5, 0.6) is 5.75 Å². The van der Waals surface area contributed by atoms with Crippen molar-refractivity contribution in [2.24, 2.45) is 5.92 Å². The summed E-state index contributed by atoms with van der Waals surface area (Å²) in [5.74, 6) is 1.87. The Morgan fingerprint density at radius 3 is 2.76 bits per heavy atom. The van der Waals surface area contributed by atoms with Gasteiger partial charge in [-0.05, 0) is 36.0 Å². The standard InChI is InChI=1S/C18H28N2O/c1-14(2)3-5-17(20-10-8-19-9-11-20)15-4-6-18-16(13-15)7-12-21-18/h4,6,13-14,17,19H,3,5,7-12H2,1-2H3/t17-/m1/s1. The summed E-state index contributed by atoms with van der Waals surface area (Å²) in [7, 11) is 0. The lowest BCUT2D eigenvalue weighted by Crippen LogP contribution is -2.45. The van der Waals surface area contributed by atoms with Gasteiger partial charge < -0.3 is 10.1 Å². The Morgan fingerprint density at radius 2 is 2.00 bits per heavy atom. The summed E-state index contributed by atoms with van der Waals surface area (Å²) in [6, 6.07) is 7.44. The van der Waals surface area contributed by atoms with Gasteiger partial charge in [0.25, 0.3) is 0 Å². The first-order valence-corrected chi connectivity index (χ1v) is 8.44. The molecule has 0 saturated carbocycles. The molecule has 0 unspecified atom stereocenters. The van der Waals surface area contributed by atoms with Crippen LogP contribution in [0.1, 0.15) is 43.9 Å². The van der Waals surface area contributed by atoms with Crippen molar-refractivity contribution >= 4 is 0 Å². The van der Waals surface area contributed by atoms with Crippen molar-refractivity contribution < 1.29 is 4.74 Å². The Hall–Kier alpha value is -1.06. The first kappa shape index (κ1) is 14.9. The first-order valence-electron chi connectivity index (χ1n) is 8.44. The Balaban J connectivity index is 1.79. The Labute approximate surface area is 128 Å². The van der Waals surface area contributed by atoms with E-state index in [0.717, 1.165) is 50.9 Å². The van der Waals surface area contributed by atoms with Crippen molar-refractivity contribution in [3.63, 3.8) is 0 Å². The third-order valence-electron chi connectivity index (χ3n) is 4.71. The molecule has 1 saturated heterocycles. The molecule has 1 aromatic rings. The number of piperazine rings is 1. The van der Waals surface area contributed by atoms with Crippen molar-refractivity contribution in [1.82, 2.24) is 10.2 Å². The summed E-state index contributed by atoms with van der Waals surface area (Å²) in [5.41, 5.74) is 2.89. The van der Waals surface area contributed by atoms with Gasteiger partial charge in [-0.25, -0.2) is 0 Å². The largest absolute Gasteiger partial charge is 0.493 e. The molecule has 0 aromatic heterocycles. The molecular weight excluding hydrogens is 260 g/mol. The van der Waals surface area contributed by atoms with Gasteiger partial charge in [-0.2, -0.15) is 0 Å². The van der Waals surface area contributed by atoms with Crippen LogP contribution in [-0.2, 0) is 6.42 Å². The number of ether oxygens (including phenoxy) is 1. The van der Waals surface area contributed by atoms with Gasteiger partial charge in [0.05, 0.1) is 6.61 Å². The quantitative estimate of drug-likeness (QED) is 0.901. The maximum absolute atomic E-state index is 5.65. The van der Waals surface area contributed by atoms with Crippen LogP contribution >= 0.6 is 0 Å². The van der Waals surface area contributed by atoms with E-state index in [0.29, 0.717) is 6.04 Å². The maximum atomic E-state index is 5.65. The van der Waals surface area contributed by atoms with Gasteiger partial charge in [0.15, 0.2) is 0 Å². The lowest BCUT2D eigenvalue weighted by Gasteiger charge is -2.36. The minimum Gasteiger partial charge on any atom is -0.493 e. The monoisotopic (exact) mass is 288 g/mol. The lowest BCUT2D eigenvalue weighted by atomic mass is 9.94. The van der Waals surface area contributed by atoms with E-state index in [1.807, 2.05) is 0 Å². The zero-order valence-electron chi connectivity index (χ0n) is 13.4. The molecule has 3 nitrogen and oxygen atoms in total. The fraction of sp³-hybridized carbons (Fsp3) is 0.667. The average molecular weight is 288 g/mol. The minimum absolute atomic E-state index is 0.570. The van der Waals surface area contributed by atoms with Crippen LogP contribution < -0.4 is 10.1 Å². The van der Waals surface area contributed by atoms with Crippen LogP contribution in [0.25, 0.3) is 0 Å². The van der Waals surface area contributed by atoms with E-state index in [2.05, 4.69) is 42.3 Å². The lowest BCUT2D eigenvalue weighted by molar-refractivity contribution is 0.159. The smallest absolute Gasteiger partial charge is 0.122 e. The van der Waals surface area contributed by atoms with Crippen LogP contribution in [0.15, 0.2) is 18.2 Å². The molecule has 1 N–H and O–H groups in total. The average Bonchev–Trinajstić information content (AvgIpc) is 2.96. The SMILES string of the molecule is CC(C)CC[C@H](c1ccc2c(c1)CCO2)N1CCNCC1. The second kappa shape index (κ2) is 6.80. The fourth-order valence-corrected chi connectivity index (χ4v) is 3.46. The van der Waals surface area contributed by atoms with Crippen molar-refractivity contribution in [1.29, 1.82) is 0 Å². The highest BCUT2D eigenvalue weighted by Gasteiger charge is 2.24.